The van der Waals surface area contributed by atoms with Crippen LogP contribution in [0.4, 0.5) is 5.13 Å². The molecular formula is C28H25BrN2O6S. The van der Waals surface area contributed by atoms with Gasteiger partial charge in [-0.05, 0) is 43.2 Å². The Bertz CT molecular complexity index is 1430. The molecule has 1 unspecified atom stereocenters. The van der Waals surface area contributed by atoms with E-state index < -0.39 is 23.7 Å². The number of aromatic nitrogens is 1. The standard InChI is InChI=1S/C28H25BrN2O6S/c1-4-13-36-20-8-6-7-18(15-20)23(32)21-22(17-9-11-19(29)12-10-17)31(26(34)24(21)33)28-30-16(3)25(38-28)27(35)37-14-5-2/h5-12,15,22,32H,2,4,13-14H2,1,3H3. The number of carbonyl (C=O) groups is 3. The lowest BCUT2D eigenvalue weighted by molar-refractivity contribution is -0.132. The van der Waals surface area contributed by atoms with Gasteiger partial charge in [-0.1, -0.05) is 71.1 Å². The lowest BCUT2D eigenvalue weighted by Crippen LogP contribution is -2.29. The Balaban J connectivity index is 1.85. The van der Waals surface area contributed by atoms with Crippen molar-refractivity contribution in [1.29, 1.82) is 0 Å². The summed E-state index contributed by atoms with van der Waals surface area (Å²) in [6, 6.07) is 12.8. The number of thiazole rings is 1. The molecule has 1 aromatic heterocycles. The third-order valence-electron chi connectivity index (χ3n) is 5.72. The predicted molar refractivity (Wildman–Crippen MR) is 148 cm³/mol. The number of aryl methyl sites for hydroxylation is 1. The maximum atomic E-state index is 13.4. The predicted octanol–water partition coefficient (Wildman–Crippen LogP) is 5.97. The van der Waals surface area contributed by atoms with Gasteiger partial charge in [0.2, 0.25) is 0 Å². The van der Waals surface area contributed by atoms with Crippen LogP contribution in [0.2, 0.25) is 0 Å². The monoisotopic (exact) mass is 596 g/mol. The van der Waals surface area contributed by atoms with Gasteiger partial charge < -0.3 is 14.6 Å². The van der Waals surface area contributed by atoms with Crippen molar-refractivity contribution in [2.24, 2.45) is 0 Å². The van der Waals surface area contributed by atoms with Crippen LogP contribution in [0.5, 0.6) is 5.75 Å². The Hall–Kier alpha value is -3.76. The molecule has 4 rings (SSSR count). The zero-order valence-electron chi connectivity index (χ0n) is 20.8. The fraction of sp³-hybridized carbons (Fsp3) is 0.214. The minimum Gasteiger partial charge on any atom is -0.507 e. The third-order valence-corrected chi connectivity index (χ3v) is 7.38. The normalized spacial score (nSPS) is 16.5. The lowest BCUT2D eigenvalue weighted by atomic mass is 9.95. The zero-order valence-corrected chi connectivity index (χ0v) is 23.2. The number of benzene rings is 2. The summed E-state index contributed by atoms with van der Waals surface area (Å²) in [5, 5.41) is 11.5. The summed E-state index contributed by atoms with van der Waals surface area (Å²) in [7, 11) is 0. The number of ether oxygens (including phenoxy) is 2. The highest BCUT2D eigenvalue weighted by Gasteiger charge is 2.48. The van der Waals surface area contributed by atoms with Crippen LogP contribution in [0.15, 0.2) is 71.2 Å². The molecule has 1 fully saturated rings. The fourth-order valence-corrected chi connectivity index (χ4v) is 5.23. The Morgan fingerprint density at radius 2 is 1.97 bits per heavy atom. The van der Waals surface area contributed by atoms with Crippen molar-refractivity contribution in [3.63, 3.8) is 0 Å². The molecule has 2 aromatic carbocycles. The number of aliphatic hydroxyl groups is 1. The molecule has 1 amide bonds. The molecule has 0 radical (unpaired) electrons. The quantitative estimate of drug-likeness (QED) is 0.107. The van der Waals surface area contributed by atoms with Crippen LogP contribution < -0.4 is 9.64 Å². The van der Waals surface area contributed by atoms with Crippen LogP contribution in [0.25, 0.3) is 5.76 Å². The van der Waals surface area contributed by atoms with Gasteiger partial charge in [0.1, 0.15) is 23.0 Å². The van der Waals surface area contributed by atoms with E-state index in [1.165, 1.54) is 11.0 Å². The molecule has 10 heteroatoms. The first-order chi connectivity index (χ1) is 18.3. The number of anilines is 1. The van der Waals surface area contributed by atoms with Crippen LogP contribution in [-0.4, -0.2) is 41.0 Å². The summed E-state index contributed by atoms with van der Waals surface area (Å²) in [4.78, 5) is 45.2. The van der Waals surface area contributed by atoms with Gasteiger partial charge in [0, 0.05) is 10.0 Å². The Kier molecular flexibility index (Phi) is 8.43. The highest BCUT2D eigenvalue weighted by molar-refractivity contribution is 9.10. The maximum absolute atomic E-state index is 13.4. The third kappa shape index (κ3) is 5.41. The minimum absolute atomic E-state index is 0.0238. The van der Waals surface area contributed by atoms with Crippen LogP contribution >= 0.6 is 27.3 Å². The smallest absolute Gasteiger partial charge is 0.350 e. The van der Waals surface area contributed by atoms with E-state index >= 15 is 0 Å². The SMILES string of the molecule is C=CCOC(=O)c1sc(N2C(=O)C(=O)C(=C(O)c3cccc(OCCC)c3)C2c2ccc(Br)cc2)nc1C. The van der Waals surface area contributed by atoms with Gasteiger partial charge in [0.15, 0.2) is 5.13 Å². The first kappa shape index (κ1) is 27.3. The number of nitrogens with zero attached hydrogens (tertiary/aromatic N) is 2. The number of halogens is 1. The van der Waals surface area contributed by atoms with Crippen molar-refractivity contribution in [3.8, 4) is 5.75 Å². The van der Waals surface area contributed by atoms with E-state index in [0.717, 1.165) is 22.2 Å². The second-order valence-corrected chi connectivity index (χ2v) is 10.3. The van der Waals surface area contributed by atoms with Crippen molar-refractivity contribution >= 4 is 55.8 Å². The number of carbonyl (C=O) groups excluding carboxylic acids is 3. The molecule has 1 N–H and O–H groups in total. The first-order valence-corrected chi connectivity index (χ1v) is 13.4. The first-order valence-electron chi connectivity index (χ1n) is 11.8. The number of amides is 1. The van der Waals surface area contributed by atoms with Crippen molar-refractivity contribution in [2.75, 3.05) is 18.1 Å². The van der Waals surface area contributed by atoms with Gasteiger partial charge in [-0.25, -0.2) is 9.78 Å². The van der Waals surface area contributed by atoms with Crippen molar-refractivity contribution in [1.82, 2.24) is 4.98 Å². The highest BCUT2D eigenvalue weighted by Crippen LogP contribution is 2.44. The van der Waals surface area contributed by atoms with E-state index in [0.29, 0.717) is 29.2 Å². The Morgan fingerprint density at radius 1 is 1.24 bits per heavy atom. The summed E-state index contributed by atoms with van der Waals surface area (Å²) in [6.07, 6.45) is 2.25. The molecule has 1 aliphatic rings. The largest absolute Gasteiger partial charge is 0.507 e. The number of hydrogen-bond acceptors (Lipinski definition) is 8. The van der Waals surface area contributed by atoms with Gasteiger partial charge in [-0.15, -0.1) is 0 Å². The molecule has 1 atom stereocenters. The number of hydrogen-bond donors (Lipinski definition) is 1. The zero-order chi connectivity index (χ0) is 27.4. The summed E-state index contributed by atoms with van der Waals surface area (Å²) >= 11 is 4.35. The van der Waals surface area contributed by atoms with Gasteiger partial charge >= 0.3 is 11.9 Å². The van der Waals surface area contributed by atoms with Crippen molar-refractivity contribution in [2.45, 2.75) is 26.3 Å². The molecule has 8 nitrogen and oxygen atoms in total. The summed E-state index contributed by atoms with van der Waals surface area (Å²) in [5.74, 6) is -2.13. The summed E-state index contributed by atoms with van der Waals surface area (Å²) in [5.41, 5.74) is 1.18. The van der Waals surface area contributed by atoms with Gasteiger partial charge in [-0.3, -0.25) is 14.5 Å². The number of Topliss-reactive ketones (excluding diaryl/α,β-unsaturated/α-hetero) is 1. The van der Waals surface area contributed by atoms with E-state index in [1.807, 2.05) is 6.92 Å². The molecule has 1 aliphatic heterocycles. The highest BCUT2D eigenvalue weighted by atomic mass is 79.9. The second-order valence-electron chi connectivity index (χ2n) is 8.40. The summed E-state index contributed by atoms with van der Waals surface area (Å²) in [6.45, 7) is 7.66. The Morgan fingerprint density at radius 3 is 2.66 bits per heavy atom. The van der Waals surface area contributed by atoms with Crippen molar-refractivity contribution in [3.05, 3.63) is 92.9 Å². The van der Waals surface area contributed by atoms with Crippen molar-refractivity contribution < 1.29 is 29.0 Å². The van der Waals surface area contributed by atoms with E-state index in [9.17, 15) is 19.5 Å². The molecule has 0 saturated carbocycles. The van der Waals surface area contributed by atoms with E-state index in [2.05, 4.69) is 27.5 Å². The molecule has 196 valence electrons. The maximum Gasteiger partial charge on any atom is 0.350 e. The average molecular weight is 597 g/mol. The molecule has 38 heavy (non-hydrogen) atoms. The number of aliphatic hydroxyl groups excluding tert-OH is 1. The van der Waals surface area contributed by atoms with Crippen LogP contribution in [0.3, 0.4) is 0 Å². The topological polar surface area (TPSA) is 106 Å². The fourth-order valence-electron chi connectivity index (χ4n) is 3.97. The molecule has 0 bridgehead atoms. The van der Waals surface area contributed by atoms with Crippen LogP contribution in [0.1, 0.15) is 45.9 Å². The van der Waals surface area contributed by atoms with Gasteiger partial charge in [-0.2, -0.15) is 0 Å². The van der Waals surface area contributed by atoms with E-state index in [4.69, 9.17) is 9.47 Å². The van der Waals surface area contributed by atoms with Gasteiger partial charge in [0.25, 0.3) is 5.78 Å². The number of esters is 1. The van der Waals surface area contributed by atoms with Crippen LogP contribution in [0, 0.1) is 6.92 Å². The van der Waals surface area contributed by atoms with Gasteiger partial charge in [0.05, 0.1) is 23.9 Å². The lowest BCUT2D eigenvalue weighted by Gasteiger charge is -2.23. The molecular weight excluding hydrogens is 572 g/mol. The molecule has 2 heterocycles. The molecule has 1 saturated heterocycles. The molecule has 0 spiro atoms. The number of ketones is 1. The second kappa shape index (κ2) is 11.7. The summed E-state index contributed by atoms with van der Waals surface area (Å²) < 4.78 is 11.6. The average Bonchev–Trinajstić information content (AvgIpc) is 3.42. The molecule has 0 aliphatic carbocycles. The van der Waals surface area contributed by atoms with E-state index in [-0.39, 0.29) is 27.9 Å². The number of rotatable bonds is 9. The Labute approximate surface area is 232 Å². The van der Waals surface area contributed by atoms with E-state index in [1.54, 1.807) is 55.5 Å². The minimum atomic E-state index is -0.981. The van der Waals surface area contributed by atoms with Crippen LogP contribution in [-0.2, 0) is 14.3 Å². The molecule has 3 aromatic rings.